The molecule has 1 N–H and O–H groups in total. The number of likely N-dealkylation sites (N-methyl/N-ethyl adjacent to an activating group) is 1. The van der Waals surface area contributed by atoms with E-state index in [0.29, 0.717) is 4.90 Å². The molecule has 0 radical (unpaired) electrons. The third kappa shape index (κ3) is 3.58. The van der Waals surface area contributed by atoms with Crippen molar-refractivity contribution in [2.75, 3.05) is 20.7 Å². The largest absolute Gasteiger partial charge is 0.402 e. The van der Waals surface area contributed by atoms with Crippen LogP contribution < -0.4 is 5.32 Å². The maximum absolute atomic E-state index is 12.8. The molecule has 0 aromatic heterocycles. The molecule has 0 unspecified atom stereocenters. The number of rotatable bonds is 5. The minimum absolute atomic E-state index is 0.0537. The van der Waals surface area contributed by atoms with Crippen LogP contribution in [0.4, 0.5) is 0 Å². The fourth-order valence-electron chi connectivity index (χ4n) is 2.99. The van der Waals surface area contributed by atoms with Crippen molar-refractivity contribution in [3.05, 3.63) is 35.9 Å². The van der Waals surface area contributed by atoms with Gasteiger partial charge < -0.3 is 5.32 Å². The Labute approximate surface area is 156 Å². The van der Waals surface area contributed by atoms with Crippen LogP contribution in [0.15, 0.2) is 30.3 Å². The summed E-state index contributed by atoms with van der Waals surface area (Å²) in [5, 5.41) is 2.51. The summed E-state index contributed by atoms with van der Waals surface area (Å²) in [6, 6.07) is 8.03. The Morgan fingerprint density at radius 1 is 1.30 bits per heavy atom. The first-order chi connectivity index (χ1) is 12.7. The van der Waals surface area contributed by atoms with Crippen LogP contribution in [0, 0.1) is 0 Å². The number of carbonyl (C=O) groups excluding carboxylic acids is 3. The van der Waals surface area contributed by atoms with Crippen LogP contribution in [0.3, 0.4) is 0 Å². The van der Waals surface area contributed by atoms with Crippen LogP contribution in [-0.2, 0) is 39.7 Å². The molecule has 2 fully saturated rings. The van der Waals surface area contributed by atoms with Crippen molar-refractivity contribution in [2.45, 2.75) is 24.7 Å². The van der Waals surface area contributed by atoms with Crippen molar-refractivity contribution in [2.24, 2.45) is 0 Å². The van der Waals surface area contributed by atoms with E-state index in [1.165, 1.54) is 4.90 Å². The number of nitrogens with zero attached hydrogens (tertiary/aromatic N) is 2. The number of nitrogens with one attached hydrogen (secondary N) is 1. The number of hydrogen-bond donors (Lipinski definition) is 1. The minimum atomic E-state index is -4.52. The van der Waals surface area contributed by atoms with E-state index < -0.39 is 46.5 Å². The Balaban J connectivity index is 1.90. The maximum atomic E-state index is 12.8. The normalized spacial score (nSPS) is 27.4. The standard InChI is InChI=1S/C16H19N3O7S/c1-18(2)12-8-13(20)19(14(12)21)16(10-25-27(23,24)26-16)15(22)17-9-11-6-4-3-5-7-11/h3-7,12H,8-10H2,1-2H3,(H,17,22)/t12-,16-/m0/s1. The van der Waals surface area contributed by atoms with E-state index in [9.17, 15) is 22.8 Å². The smallest absolute Gasteiger partial charge is 0.348 e. The fraction of sp³-hybridized carbons (Fsp3) is 0.438. The van der Waals surface area contributed by atoms with Gasteiger partial charge in [-0.15, -0.1) is 0 Å². The molecule has 146 valence electrons. The van der Waals surface area contributed by atoms with Gasteiger partial charge in [-0.3, -0.25) is 19.3 Å². The number of likely N-dealkylation sites (tertiary alicyclic amines) is 1. The van der Waals surface area contributed by atoms with Gasteiger partial charge in [0.1, 0.15) is 6.61 Å². The van der Waals surface area contributed by atoms with Gasteiger partial charge in [-0.1, -0.05) is 30.3 Å². The lowest BCUT2D eigenvalue weighted by molar-refractivity contribution is -0.170. The molecular weight excluding hydrogens is 378 g/mol. The SMILES string of the molecule is CN(C)[C@H]1CC(=O)N([C@@]2(C(=O)NCc3ccccc3)COS(=O)(=O)O2)C1=O. The van der Waals surface area contributed by atoms with Crippen LogP contribution in [0.25, 0.3) is 0 Å². The molecule has 1 aromatic carbocycles. The molecule has 0 aliphatic carbocycles. The van der Waals surface area contributed by atoms with Gasteiger partial charge in [0.2, 0.25) is 11.8 Å². The van der Waals surface area contributed by atoms with Crippen LogP contribution in [0.5, 0.6) is 0 Å². The molecule has 3 amide bonds. The highest BCUT2D eigenvalue weighted by atomic mass is 32.3. The Morgan fingerprint density at radius 3 is 2.48 bits per heavy atom. The van der Waals surface area contributed by atoms with Gasteiger partial charge in [0.25, 0.3) is 11.6 Å². The first-order valence-corrected chi connectivity index (χ1v) is 9.45. The van der Waals surface area contributed by atoms with Crippen LogP contribution in [-0.4, -0.2) is 68.4 Å². The zero-order valence-corrected chi connectivity index (χ0v) is 15.6. The van der Waals surface area contributed by atoms with Crippen molar-refractivity contribution in [1.82, 2.24) is 15.1 Å². The summed E-state index contributed by atoms with van der Waals surface area (Å²) in [6.07, 6.45) is -0.192. The lowest BCUT2D eigenvalue weighted by Crippen LogP contribution is -2.63. The minimum Gasteiger partial charge on any atom is -0.348 e. The van der Waals surface area contributed by atoms with E-state index in [4.69, 9.17) is 4.18 Å². The van der Waals surface area contributed by atoms with Gasteiger partial charge in [0.05, 0.1) is 12.5 Å². The summed E-state index contributed by atoms with van der Waals surface area (Å²) in [5.74, 6) is -2.39. The maximum Gasteiger partial charge on any atom is 0.402 e. The molecule has 2 aliphatic rings. The van der Waals surface area contributed by atoms with Crippen LogP contribution >= 0.6 is 0 Å². The Bertz CT molecular complexity index is 871. The third-order valence-corrected chi connectivity index (χ3v) is 5.28. The van der Waals surface area contributed by atoms with E-state index >= 15 is 0 Å². The Hall–Kier alpha value is -2.34. The molecular formula is C16H19N3O7S. The van der Waals surface area contributed by atoms with E-state index in [-0.39, 0.29) is 13.0 Å². The van der Waals surface area contributed by atoms with E-state index in [1.54, 1.807) is 44.4 Å². The molecule has 11 heteroatoms. The topological polar surface area (TPSA) is 122 Å². The first-order valence-electron chi connectivity index (χ1n) is 8.12. The second-order valence-corrected chi connectivity index (χ2v) is 7.68. The monoisotopic (exact) mass is 397 g/mol. The van der Waals surface area contributed by atoms with Gasteiger partial charge in [0.15, 0.2) is 0 Å². The van der Waals surface area contributed by atoms with Gasteiger partial charge in [-0.2, -0.15) is 8.42 Å². The zero-order chi connectivity index (χ0) is 19.8. The fourth-order valence-corrected chi connectivity index (χ4v) is 3.88. The second-order valence-electron chi connectivity index (χ2n) is 6.46. The lowest BCUT2D eigenvalue weighted by atomic mass is 10.1. The Kier molecular flexibility index (Phi) is 5.04. The molecule has 2 aliphatic heterocycles. The van der Waals surface area contributed by atoms with Gasteiger partial charge in [-0.05, 0) is 19.7 Å². The average molecular weight is 397 g/mol. The lowest BCUT2D eigenvalue weighted by Gasteiger charge is -2.32. The molecule has 2 saturated heterocycles. The van der Waals surface area contributed by atoms with Gasteiger partial charge in [0, 0.05) is 6.54 Å². The number of benzene rings is 1. The summed E-state index contributed by atoms with van der Waals surface area (Å²) in [6.45, 7) is -0.744. The molecule has 3 rings (SSSR count). The molecule has 0 spiro atoms. The third-order valence-electron chi connectivity index (χ3n) is 4.40. The Morgan fingerprint density at radius 2 is 1.96 bits per heavy atom. The molecule has 0 bridgehead atoms. The predicted molar refractivity (Wildman–Crippen MR) is 90.9 cm³/mol. The summed E-state index contributed by atoms with van der Waals surface area (Å²) >= 11 is 0. The van der Waals surface area contributed by atoms with E-state index in [1.807, 2.05) is 0 Å². The van der Waals surface area contributed by atoms with Gasteiger partial charge in [-0.25, -0.2) is 13.3 Å². The van der Waals surface area contributed by atoms with Gasteiger partial charge >= 0.3 is 10.4 Å². The van der Waals surface area contributed by atoms with Crippen molar-refractivity contribution >= 4 is 28.1 Å². The van der Waals surface area contributed by atoms with Crippen molar-refractivity contribution in [1.29, 1.82) is 0 Å². The van der Waals surface area contributed by atoms with Crippen LogP contribution in [0.2, 0.25) is 0 Å². The second kappa shape index (κ2) is 7.00. The molecule has 0 saturated carbocycles. The van der Waals surface area contributed by atoms with Crippen molar-refractivity contribution < 1.29 is 31.2 Å². The molecule has 1 aromatic rings. The molecule has 10 nitrogen and oxygen atoms in total. The quantitative estimate of drug-likeness (QED) is 0.627. The summed E-state index contributed by atoms with van der Waals surface area (Å²) in [7, 11) is -1.32. The highest BCUT2D eigenvalue weighted by molar-refractivity contribution is 7.82. The highest BCUT2D eigenvalue weighted by Gasteiger charge is 2.62. The van der Waals surface area contributed by atoms with Crippen LogP contribution in [0.1, 0.15) is 12.0 Å². The molecule has 2 atom stereocenters. The predicted octanol–water partition coefficient (Wildman–Crippen LogP) is -1.02. The highest BCUT2D eigenvalue weighted by Crippen LogP contribution is 2.34. The number of carbonyl (C=O) groups is 3. The van der Waals surface area contributed by atoms with Crippen molar-refractivity contribution in [3.8, 4) is 0 Å². The van der Waals surface area contributed by atoms with E-state index in [0.717, 1.165) is 5.56 Å². The van der Waals surface area contributed by atoms with E-state index in [2.05, 4.69) is 9.50 Å². The zero-order valence-electron chi connectivity index (χ0n) is 14.7. The summed E-state index contributed by atoms with van der Waals surface area (Å²) in [5.41, 5.74) is -1.65. The summed E-state index contributed by atoms with van der Waals surface area (Å²) in [4.78, 5) is 40.1. The summed E-state index contributed by atoms with van der Waals surface area (Å²) < 4.78 is 32.9. The number of imide groups is 1. The average Bonchev–Trinajstić information content (AvgIpc) is 3.10. The number of hydrogen-bond acceptors (Lipinski definition) is 8. The number of amides is 3. The molecule has 2 heterocycles. The molecule has 27 heavy (non-hydrogen) atoms. The van der Waals surface area contributed by atoms with Crippen molar-refractivity contribution in [3.63, 3.8) is 0 Å². The first kappa shape index (κ1) is 19.4.